The fourth-order valence-electron chi connectivity index (χ4n) is 11.1. The second-order valence-electron chi connectivity index (χ2n) is 15.6. The van der Waals surface area contributed by atoms with Crippen molar-refractivity contribution in [3.8, 4) is 0 Å². The molecule has 48 heavy (non-hydrogen) atoms. The molecule has 1 aromatic rings. The normalized spacial score (nSPS) is 39.5. The zero-order chi connectivity index (χ0) is 33.0. The Balaban J connectivity index is 1.18. The lowest BCUT2D eigenvalue weighted by atomic mass is 9.69. The van der Waals surface area contributed by atoms with Crippen molar-refractivity contribution < 1.29 is 29.2 Å². The maximum absolute atomic E-state index is 12.7. The number of ether oxygens (including phenoxy) is 3. The van der Waals surface area contributed by atoms with E-state index in [1.165, 1.54) is 57.0 Å². The van der Waals surface area contributed by atoms with Crippen molar-refractivity contribution in [2.24, 2.45) is 35.0 Å². The largest absolute Gasteiger partial charge is 0.492 e. The molecule has 2 aliphatic carbocycles. The third-order valence-electron chi connectivity index (χ3n) is 13.3. The molecule has 0 aromatic heterocycles. The van der Waals surface area contributed by atoms with Gasteiger partial charge in [-0.15, -0.1) is 0 Å². The van der Waals surface area contributed by atoms with Crippen LogP contribution >= 0.6 is 21.6 Å². The van der Waals surface area contributed by atoms with Crippen molar-refractivity contribution in [2.45, 2.75) is 102 Å². The number of hydrogen-bond acceptors (Lipinski definition) is 9. The van der Waals surface area contributed by atoms with E-state index in [2.05, 4.69) is 59.0 Å². The SMILES string of the molecule is COC1=C(CO)C(=O)OC1=C1OC2=CC[C@H]3CSSC[C@H]4CCC5(CCCC5)[C@@H]4C[C@H](O)[C@H]4C[C@@H](Cc5ccccc5)C[C@H]([C@@H]2[C@H]1C)N34. The summed E-state index contributed by atoms with van der Waals surface area (Å²) in [4.78, 5) is 15.5. The van der Waals surface area contributed by atoms with Crippen LogP contribution in [-0.4, -0.2) is 70.5 Å². The van der Waals surface area contributed by atoms with E-state index in [0.717, 1.165) is 43.6 Å². The first-order valence-electron chi connectivity index (χ1n) is 18.4. The Kier molecular flexibility index (Phi) is 9.46. The average Bonchev–Trinajstić information content (AvgIpc) is 3.84. The molecule has 0 unspecified atom stereocenters. The summed E-state index contributed by atoms with van der Waals surface area (Å²) in [5.41, 5.74) is 1.93. The summed E-state index contributed by atoms with van der Waals surface area (Å²) in [6.45, 7) is 1.74. The molecule has 9 heteroatoms. The molecule has 7 nitrogen and oxygen atoms in total. The molecule has 0 bridgehead atoms. The molecule has 1 aromatic carbocycles. The van der Waals surface area contributed by atoms with Crippen LogP contribution in [0.25, 0.3) is 0 Å². The average molecular weight is 694 g/mol. The summed E-state index contributed by atoms with van der Waals surface area (Å²) in [5, 5.41) is 22.5. The van der Waals surface area contributed by atoms with Crippen molar-refractivity contribution in [3.05, 3.63) is 70.6 Å². The summed E-state index contributed by atoms with van der Waals surface area (Å²) in [5.74, 6) is 5.52. The van der Waals surface area contributed by atoms with E-state index in [1.54, 1.807) is 0 Å². The molecule has 7 aliphatic rings. The van der Waals surface area contributed by atoms with Gasteiger partial charge in [0.25, 0.3) is 0 Å². The molecular formula is C39H51NO6S2. The number of fused-ring (bicyclic) bond motifs is 4. The highest BCUT2D eigenvalue weighted by atomic mass is 33.1. The maximum atomic E-state index is 12.7. The highest BCUT2D eigenvalue weighted by Gasteiger charge is 2.55. The number of nitrogens with zero attached hydrogens (tertiary/aromatic N) is 1. The summed E-state index contributed by atoms with van der Waals surface area (Å²) >= 11 is 0. The van der Waals surface area contributed by atoms with Crippen LogP contribution < -0.4 is 0 Å². The Bertz CT molecular complexity index is 1470. The smallest absolute Gasteiger partial charge is 0.345 e. The summed E-state index contributed by atoms with van der Waals surface area (Å²) in [7, 11) is 5.63. The van der Waals surface area contributed by atoms with E-state index in [9.17, 15) is 15.0 Å². The number of carbonyl (C=O) groups excluding carboxylic acids is 1. The van der Waals surface area contributed by atoms with Gasteiger partial charge < -0.3 is 24.4 Å². The summed E-state index contributed by atoms with van der Waals surface area (Å²) in [6.07, 6.45) is 14.8. The maximum Gasteiger partial charge on any atom is 0.345 e. The van der Waals surface area contributed by atoms with Crippen molar-refractivity contribution >= 4 is 27.6 Å². The molecule has 1 spiro atoms. The van der Waals surface area contributed by atoms with Gasteiger partial charge in [0.05, 0.1) is 19.8 Å². The molecule has 5 aliphatic heterocycles. The summed E-state index contributed by atoms with van der Waals surface area (Å²) < 4.78 is 18.0. The number of benzene rings is 1. The quantitative estimate of drug-likeness (QED) is 0.256. The molecule has 5 fully saturated rings. The molecule has 5 heterocycles. The topological polar surface area (TPSA) is 88.5 Å². The van der Waals surface area contributed by atoms with Gasteiger partial charge in [-0.25, -0.2) is 4.79 Å². The molecule has 260 valence electrons. The van der Waals surface area contributed by atoms with Crippen LogP contribution in [0.1, 0.15) is 76.7 Å². The highest BCUT2D eigenvalue weighted by molar-refractivity contribution is 8.76. The van der Waals surface area contributed by atoms with Gasteiger partial charge in [-0.2, -0.15) is 0 Å². The Morgan fingerprint density at radius 3 is 2.56 bits per heavy atom. The number of carbonyl (C=O) groups is 1. The van der Waals surface area contributed by atoms with E-state index in [4.69, 9.17) is 14.2 Å². The van der Waals surface area contributed by atoms with Crippen LogP contribution in [-0.2, 0) is 25.4 Å². The van der Waals surface area contributed by atoms with E-state index < -0.39 is 12.6 Å². The van der Waals surface area contributed by atoms with Gasteiger partial charge in [0.2, 0.25) is 5.76 Å². The molecule has 2 saturated carbocycles. The molecule has 9 atom stereocenters. The van der Waals surface area contributed by atoms with Crippen molar-refractivity contribution in [3.63, 3.8) is 0 Å². The minimum absolute atomic E-state index is 0.0592. The number of aliphatic hydroxyl groups is 2. The van der Waals surface area contributed by atoms with Crippen LogP contribution in [0.3, 0.4) is 0 Å². The van der Waals surface area contributed by atoms with Gasteiger partial charge >= 0.3 is 5.97 Å². The Morgan fingerprint density at radius 1 is 1.02 bits per heavy atom. The van der Waals surface area contributed by atoms with E-state index in [0.29, 0.717) is 40.7 Å². The summed E-state index contributed by atoms with van der Waals surface area (Å²) in [6, 6.07) is 11.4. The number of hydrogen-bond donors (Lipinski definition) is 2. The highest BCUT2D eigenvalue weighted by Crippen LogP contribution is 2.60. The Hall–Kier alpha value is -1.91. The minimum Gasteiger partial charge on any atom is -0.492 e. The van der Waals surface area contributed by atoms with Gasteiger partial charge in [-0.1, -0.05) is 71.7 Å². The molecule has 8 rings (SSSR count). The first-order valence-corrected chi connectivity index (χ1v) is 20.9. The van der Waals surface area contributed by atoms with Crippen LogP contribution in [0.15, 0.2) is 65.0 Å². The second-order valence-corrected chi connectivity index (χ2v) is 18.2. The molecule has 0 radical (unpaired) electrons. The van der Waals surface area contributed by atoms with E-state index >= 15 is 0 Å². The molecule has 3 saturated heterocycles. The minimum atomic E-state index is -0.579. The zero-order valence-corrected chi connectivity index (χ0v) is 30.0. The number of cyclic esters (lactones) is 1. The first kappa shape index (κ1) is 33.2. The predicted octanol–water partition coefficient (Wildman–Crippen LogP) is 7.01. The lowest BCUT2D eigenvalue weighted by Gasteiger charge is -2.52. The lowest BCUT2D eigenvalue weighted by molar-refractivity contribution is -0.133. The number of allylic oxidation sites excluding steroid dienone is 1. The Morgan fingerprint density at radius 2 is 1.79 bits per heavy atom. The molecular weight excluding hydrogens is 643 g/mol. The fraction of sp³-hybridized carbons (Fsp3) is 0.667. The van der Waals surface area contributed by atoms with Crippen molar-refractivity contribution in [1.82, 2.24) is 4.90 Å². The third-order valence-corrected chi connectivity index (χ3v) is 15.8. The number of piperidine rings is 1. The lowest BCUT2D eigenvalue weighted by Crippen LogP contribution is -2.61. The van der Waals surface area contributed by atoms with Gasteiger partial charge in [0.1, 0.15) is 11.3 Å². The second kappa shape index (κ2) is 13.7. The third kappa shape index (κ3) is 5.77. The van der Waals surface area contributed by atoms with Gasteiger partial charge in [0, 0.05) is 41.5 Å². The number of esters is 1. The van der Waals surface area contributed by atoms with Crippen LogP contribution in [0.5, 0.6) is 0 Å². The Labute approximate surface area is 293 Å². The van der Waals surface area contributed by atoms with Crippen molar-refractivity contribution in [1.29, 1.82) is 0 Å². The molecule has 0 amide bonds. The monoisotopic (exact) mass is 693 g/mol. The van der Waals surface area contributed by atoms with E-state index in [-0.39, 0.29) is 41.4 Å². The molecule has 2 N–H and O–H groups in total. The number of aliphatic hydroxyl groups excluding tert-OH is 2. The van der Waals surface area contributed by atoms with E-state index in [1.807, 2.05) is 10.8 Å². The van der Waals surface area contributed by atoms with Gasteiger partial charge in [-0.05, 0) is 92.6 Å². The predicted molar refractivity (Wildman–Crippen MR) is 189 cm³/mol. The van der Waals surface area contributed by atoms with Crippen LogP contribution in [0.4, 0.5) is 0 Å². The fourth-order valence-corrected chi connectivity index (χ4v) is 13.9. The van der Waals surface area contributed by atoms with Crippen LogP contribution in [0, 0.1) is 35.0 Å². The van der Waals surface area contributed by atoms with Gasteiger partial charge in [0.15, 0.2) is 11.5 Å². The van der Waals surface area contributed by atoms with Crippen molar-refractivity contribution in [2.75, 3.05) is 25.2 Å². The zero-order valence-electron chi connectivity index (χ0n) is 28.4. The number of rotatable bonds is 4. The standard InChI is InChI=1S/C39H51NO6S2/c1-23-34-31-18-25(16-24-8-4-3-5-9-24)17-30-32(42)19-29-26(12-15-39(29)13-6-7-14-39)21-47-48-22-27(40(30)31)10-11-33(34)45-35(23)37-36(44-2)28(20-41)38(43)46-37/h3-5,8-9,11,23,25-27,29-32,34,41-42H,6-7,10,12-22H2,1-2H3/t23-,25-,26-,27+,29-,30-,31-,32+,34+/m1/s1. The first-order chi connectivity index (χ1) is 23.4. The van der Waals surface area contributed by atoms with Gasteiger partial charge in [-0.3, -0.25) is 4.90 Å². The number of methoxy groups -OCH3 is 1. The van der Waals surface area contributed by atoms with Crippen LogP contribution in [0.2, 0.25) is 0 Å².